The molecule has 1 heterocycles. The van der Waals surface area contributed by atoms with E-state index < -0.39 is 22.1 Å². The number of sulfonamides is 1. The van der Waals surface area contributed by atoms with Crippen LogP contribution in [0, 0.1) is 0 Å². The number of fused-ring (bicyclic) bond motifs is 1. The second-order valence-electron chi connectivity index (χ2n) is 3.67. The second-order valence-corrected chi connectivity index (χ2v) is 5.99. The molecule has 0 spiro atoms. The number of aliphatic carboxylic acids is 1. The molecular weight excluding hydrogens is 305 g/mol. The van der Waals surface area contributed by atoms with E-state index in [0.717, 1.165) is 6.07 Å². The van der Waals surface area contributed by atoms with Crippen molar-refractivity contribution in [2.24, 2.45) is 5.14 Å². The number of carbonyl (C=O) groups is 1. The first-order chi connectivity index (χ1) is 8.21. The van der Waals surface area contributed by atoms with Gasteiger partial charge >= 0.3 is 5.97 Å². The van der Waals surface area contributed by atoms with Crippen LogP contribution >= 0.6 is 23.2 Å². The molecule has 9 heteroatoms. The Hall–Kier alpha value is -1.02. The van der Waals surface area contributed by atoms with Crippen LogP contribution in [0.4, 0.5) is 0 Å². The molecule has 0 saturated heterocycles. The first-order valence-electron chi connectivity index (χ1n) is 4.65. The summed E-state index contributed by atoms with van der Waals surface area (Å²) in [6.07, 6.45) is -1.33. The molecular formula is C9H7Cl2NO5S. The maximum Gasteiger partial charge on any atom is 0.345 e. The van der Waals surface area contributed by atoms with Crippen LogP contribution < -0.4 is 9.88 Å². The Morgan fingerprint density at radius 1 is 1.50 bits per heavy atom. The third-order valence-corrected chi connectivity index (χ3v) is 4.22. The summed E-state index contributed by atoms with van der Waals surface area (Å²) in [5.41, 5.74) is 0.138. The van der Waals surface area contributed by atoms with Gasteiger partial charge in [0.15, 0.2) is 6.10 Å². The van der Waals surface area contributed by atoms with Crippen LogP contribution in [-0.4, -0.2) is 25.6 Å². The van der Waals surface area contributed by atoms with Crippen molar-refractivity contribution in [2.45, 2.75) is 17.4 Å². The Bertz CT molecular complexity index is 643. The largest absolute Gasteiger partial charge is 0.478 e. The highest BCUT2D eigenvalue weighted by Gasteiger charge is 2.35. The minimum atomic E-state index is -4.03. The predicted octanol–water partition coefficient (Wildman–Crippen LogP) is 1.03. The quantitative estimate of drug-likeness (QED) is 0.848. The number of halogens is 2. The molecule has 1 aromatic carbocycles. The summed E-state index contributed by atoms with van der Waals surface area (Å²) >= 11 is 11.6. The number of carboxylic acids is 1. The van der Waals surface area contributed by atoms with Crippen LogP contribution in [-0.2, 0) is 21.2 Å². The molecule has 0 saturated carbocycles. The van der Waals surface area contributed by atoms with Crippen molar-refractivity contribution in [3.05, 3.63) is 21.7 Å². The summed E-state index contributed by atoms with van der Waals surface area (Å²) in [6.45, 7) is 0. The fourth-order valence-electron chi connectivity index (χ4n) is 1.70. The Morgan fingerprint density at radius 3 is 2.61 bits per heavy atom. The Balaban J connectivity index is 2.67. The fourth-order valence-corrected chi connectivity index (χ4v) is 2.97. The Kier molecular flexibility index (Phi) is 3.18. The van der Waals surface area contributed by atoms with Crippen LogP contribution in [0.3, 0.4) is 0 Å². The van der Waals surface area contributed by atoms with Crippen molar-refractivity contribution >= 4 is 39.2 Å². The van der Waals surface area contributed by atoms with Gasteiger partial charge in [-0.25, -0.2) is 18.4 Å². The minimum Gasteiger partial charge on any atom is -0.478 e. The molecule has 18 heavy (non-hydrogen) atoms. The molecule has 0 aromatic heterocycles. The van der Waals surface area contributed by atoms with Crippen LogP contribution in [0.5, 0.6) is 5.75 Å². The zero-order chi connectivity index (χ0) is 13.7. The Morgan fingerprint density at radius 2 is 2.11 bits per heavy atom. The lowest BCUT2D eigenvalue weighted by atomic mass is 10.1. The molecule has 1 aliphatic rings. The van der Waals surface area contributed by atoms with Gasteiger partial charge in [0.2, 0.25) is 10.0 Å². The lowest BCUT2D eigenvalue weighted by Gasteiger charge is -2.08. The smallest absolute Gasteiger partial charge is 0.345 e. The number of ether oxygens (including phenoxy) is 1. The van der Waals surface area contributed by atoms with Gasteiger partial charge < -0.3 is 9.84 Å². The lowest BCUT2D eigenvalue weighted by molar-refractivity contribution is -0.144. The van der Waals surface area contributed by atoms with Gasteiger partial charge in [0, 0.05) is 12.0 Å². The van der Waals surface area contributed by atoms with Crippen molar-refractivity contribution in [3.63, 3.8) is 0 Å². The van der Waals surface area contributed by atoms with Gasteiger partial charge in [-0.2, -0.15) is 0 Å². The van der Waals surface area contributed by atoms with Gasteiger partial charge in [-0.15, -0.1) is 0 Å². The number of rotatable bonds is 2. The monoisotopic (exact) mass is 311 g/mol. The number of nitrogens with two attached hydrogens (primary N) is 1. The van der Waals surface area contributed by atoms with Gasteiger partial charge in [-0.05, 0) is 6.07 Å². The van der Waals surface area contributed by atoms with Gasteiger partial charge in [0.05, 0.1) is 9.92 Å². The summed E-state index contributed by atoms with van der Waals surface area (Å²) in [7, 11) is -4.03. The summed E-state index contributed by atoms with van der Waals surface area (Å²) in [5.74, 6) is -1.26. The van der Waals surface area contributed by atoms with Crippen LogP contribution in [0.2, 0.25) is 10.0 Å². The zero-order valence-corrected chi connectivity index (χ0v) is 11.0. The lowest BCUT2D eigenvalue weighted by Crippen LogP contribution is -2.24. The first-order valence-corrected chi connectivity index (χ1v) is 6.95. The molecule has 1 atom stereocenters. The van der Waals surface area contributed by atoms with Gasteiger partial charge in [-0.1, -0.05) is 23.2 Å². The zero-order valence-electron chi connectivity index (χ0n) is 8.68. The topological polar surface area (TPSA) is 107 Å². The average molecular weight is 312 g/mol. The van der Waals surface area contributed by atoms with Gasteiger partial charge in [0.25, 0.3) is 0 Å². The van der Waals surface area contributed by atoms with E-state index in [1.807, 2.05) is 0 Å². The molecule has 0 fully saturated rings. The van der Waals surface area contributed by atoms with Gasteiger partial charge in [-0.3, -0.25) is 0 Å². The number of hydrogen-bond donors (Lipinski definition) is 2. The highest BCUT2D eigenvalue weighted by atomic mass is 35.5. The molecule has 0 aliphatic carbocycles. The highest BCUT2D eigenvalue weighted by Crippen LogP contribution is 2.43. The summed E-state index contributed by atoms with van der Waals surface area (Å²) in [5, 5.41) is 13.8. The van der Waals surface area contributed by atoms with Crippen molar-refractivity contribution in [1.82, 2.24) is 0 Å². The van der Waals surface area contributed by atoms with Crippen molar-refractivity contribution in [2.75, 3.05) is 0 Å². The molecule has 1 aliphatic heterocycles. The molecule has 3 N–H and O–H groups in total. The molecule has 0 radical (unpaired) electrons. The maximum absolute atomic E-state index is 11.4. The van der Waals surface area contributed by atoms with Crippen LogP contribution in [0.1, 0.15) is 5.56 Å². The van der Waals surface area contributed by atoms with E-state index in [4.69, 9.17) is 38.2 Å². The number of hydrogen-bond acceptors (Lipinski definition) is 4. The Labute approximate surface area is 112 Å². The predicted molar refractivity (Wildman–Crippen MR) is 63.6 cm³/mol. The normalized spacial score (nSPS) is 18.3. The van der Waals surface area contributed by atoms with Crippen LogP contribution in [0.15, 0.2) is 11.0 Å². The van der Waals surface area contributed by atoms with E-state index in [2.05, 4.69) is 0 Å². The SMILES string of the molecule is NS(=O)(=O)c1cc(Cl)c(Cl)c2c1CC(C(=O)O)O2. The molecule has 1 aromatic rings. The highest BCUT2D eigenvalue weighted by molar-refractivity contribution is 7.89. The van der Waals surface area contributed by atoms with Crippen molar-refractivity contribution in [3.8, 4) is 5.75 Å². The third kappa shape index (κ3) is 2.14. The van der Waals surface area contributed by atoms with E-state index in [9.17, 15) is 13.2 Å². The van der Waals surface area contributed by atoms with E-state index >= 15 is 0 Å². The average Bonchev–Trinajstić information content (AvgIpc) is 2.66. The second kappa shape index (κ2) is 4.27. The molecule has 0 amide bonds. The minimum absolute atomic E-state index is 0.0252. The summed E-state index contributed by atoms with van der Waals surface area (Å²) < 4.78 is 27.9. The van der Waals surface area contributed by atoms with Gasteiger partial charge in [0.1, 0.15) is 10.8 Å². The third-order valence-electron chi connectivity index (χ3n) is 2.47. The molecule has 1 unspecified atom stereocenters. The van der Waals surface area contributed by atoms with Crippen molar-refractivity contribution < 1.29 is 23.1 Å². The molecule has 2 rings (SSSR count). The van der Waals surface area contributed by atoms with E-state index in [1.165, 1.54) is 0 Å². The molecule has 0 bridgehead atoms. The van der Waals surface area contributed by atoms with Crippen LogP contribution in [0.25, 0.3) is 0 Å². The molecule has 6 nitrogen and oxygen atoms in total. The summed E-state index contributed by atoms with van der Waals surface area (Å²) in [6, 6.07) is 1.09. The molecule has 98 valence electrons. The summed E-state index contributed by atoms with van der Waals surface area (Å²) in [4.78, 5) is 10.6. The maximum atomic E-state index is 11.4. The standard InChI is InChI=1S/C9H7Cl2NO5S/c10-4-2-6(18(12,15)16)3-1-5(9(13)14)17-8(3)7(4)11/h2,5H,1H2,(H,13,14)(H2,12,15,16). The van der Waals surface area contributed by atoms with E-state index in [0.29, 0.717) is 0 Å². The van der Waals surface area contributed by atoms with E-state index in [1.54, 1.807) is 0 Å². The van der Waals surface area contributed by atoms with Crippen molar-refractivity contribution in [1.29, 1.82) is 0 Å². The first kappa shape index (κ1) is 13.4. The number of primary sulfonamides is 1. The number of carboxylic acid groups (broad SMARTS) is 1. The van der Waals surface area contributed by atoms with E-state index in [-0.39, 0.29) is 32.7 Å². The number of benzene rings is 1. The fraction of sp³-hybridized carbons (Fsp3) is 0.222.